The van der Waals surface area contributed by atoms with Crippen molar-refractivity contribution in [3.05, 3.63) is 162 Å². The molecule has 1 aliphatic rings. The van der Waals surface area contributed by atoms with Gasteiger partial charge in [0.15, 0.2) is 0 Å². The summed E-state index contributed by atoms with van der Waals surface area (Å²) in [4.78, 5) is 2.38. The minimum absolute atomic E-state index is 0.0397. The Balaban J connectivity index is 1.16. The smallest absolute Gasteiger partial charge is 0.137 e. The van der Waals surface area contributed by atoms with Crippen LogP contribution in [0.2, 0.25) is 0 Å². The van der Waals surface area contributed by atoms with Crippen molar-refractivity contribution < 1.29 is 4.42 Å². The minimum atomic E-state index is -0.143. The van der Waals surface area contributed by atoms with Crippen LogP contribution in [-0.2, 0) is 16.2 Å². The summed E-state index contributed by atoms with van der Waals surface area (Å²) >= 11 is 1.96. The molecule has 10 rings (SSSR count). The van der Waals surface area contributed by atoms with E-state index in [0.717, 1.165) is 39.0 Å². The first kappa shape index (κ1) is 34.8. The largest absolute Gasteiger partial charge is 0.456 e. The van der Waals surface area contributed by atoms with Gasteiger partial charge in [0.2, 0.25) is 0 Å². The summed E-state index contributed by atoms with van der Waals surface area (Å²) in [6, 6.07) is 51.6. The molecule has 7 aromatic carbocycles. The molecular formula is C53H47NOS. The van der Waals surface area contributed by atoms with Gasteiger partial charge in [0.1, 0.15) is 11.2 Å². The molecule has 0 saturated heterocycles. The molecule has 0 amide bonds. The Morgan fingerprint density at radius 1 is 0.500 bits per heavy atom. The van der Waals surface area contributed by atoms with Gasteiger partial charge in [-0.1, -0.05) is 128 Å². The Bertz CT molecular complexity index is 3000. The van der Waals surface area contributed by atoms with Gasteiger partial charge in [-0.2, -0.15) is 0 Å². The third-order valence-electron chi connectivity index (χ3n) is 12.1. The van der Waals surface area contributed by atoms with Crippen LogP contribution in [0.5, 0.6) is 0 Å². The van der Waals surface area contributed by atoms with Crippen LogP contribution in [0, 0.1) is 0 Å². The van der Waals surface area contributed by atoms with Crippen LogP contribution < -0.4 is 4.90 Å². The molecule has 9 aromatic rings. The van der Waals surface area contributed by atoms with Crippen LogP contribution in [0.1, 0.15) is 77.6 Å². The average molecular weight is 746 g/mol. The van der Waals surface area contributed by atoms with Gasteiger partial charge in [-0.25, -0.2) is 0 Å². The number of nitrogens with zero attached hydrogens (tertiary/aromatic N) is 1. The summed E-state index contributed by atoms with van der Waals surface area (Å²) in [5, 5.41) is 5.04. The van der Waals surface area contributed by atoms with Crippen molar-refractivity contribution >= 4 is 70.5 Å². The SMILES string of the molecule is CC(C)(C)c1cc(C(C)(C)C)c2sc3cc4c(cc3c2c1)C(C)(C)c1ccc(N(c2ccc(-c3ccccc3)cc2)c2ccc3c(c2)oc2ccccc23)cc1-4. The Hall–Kier alpha value is -5.64. The second-order valence-electron chi connectivity index (χ2n) is 18.3. The van der Waals surface area contributed by atoms with Gasteiger partial charge < -0.3 is 9.32 Å². The minimum Gasteiger partial charge on any atom is -0.456 e. The highest BCUT2D eigenvalue weighted by atomic mass is 32.1. The van der Waals surface area contributed by atoms with Crippen LogP contribution in [-0.4, -0.2) is 0 Å². The zero-order valence-corrected chi connectivity index (χ0v) is 34.4. The molecule has 2 nitrogen and oxygen atoms in total. The zero-order chi connectivity index (χ0) is 38.7. The lowest BCUT2D eigenvalue weighted by atomic mass is 9.79. The molecule has 2 heterocycles. The van der Waals surface area contributed by atoms with E-state index >= 15 is 0 Å². The third kappa shape index (κ3) is 5.43. The molecule has 0 unspecified atom stereocenters. The van der Waals surface area contributed by atoms with Crippen LogP contribution in [0.15, 0.2) is 144 Å². The lowest BCUT2D eigenvalue weighted by Crippen LogP contribution is -2.16. The zero-order valence-electron chi connectivity index (χ0n) is 33.5. The van der Waals surface area contributed by atoms with Crippen molar-refractivity contribution in [2.75, 3.05) is 4.90 Å². The fourth-order valence-corrected chi connectivity index (χ4v) is 10.4. The monoisotopic (exact) mass is 745 g/mol. The average Bonchev–Trinajstić information content (AvgIpc) is 3.80. The maximum atomic E-state index is 6.44. The van der Waals surface area contributed by atoms with Crippen LogP contribution >= 0.6 is 11.3 Å². The Kier molecular flexibility index (Phi) is 7.57. The lowest BCUT2D eigenvalue weighted by Gasteiger charge is -2.27. The van der Waals surface area contributed by atoms with Crippen molar-refractivity contribution in [1.82, 2.24) is 0 Å². The topological polar surface area (TPSA) is 16.4 Å². The number of hydrogen-bond donors (Lipinski definition) is 0. The molecule has 0 N–H and O–H groups in total. The molecule has 0 fully saturated rings. The number of furan rings is 1. The first-order valence-electron chi connectivity index (χ1n) is 19.8. The van der Waals surface area contributed by atoms with Crippen molar-refractivity contribution in [2.24, 2.45) is 0 Å². The molecule has 276 valence electrons. The summed E-state index contributed by atoms with van der Waals surface area (Å²) in [5.41, 5.74) is 15.7. The summed E-state index contributed by atoms with van der Waals surface area (Å²) < 4.78 is 9.21. The predicted molar refractivity (Wildman–Crippen MR) is 242 cm³/mol. The predicted octanol–water partition coefficient (Wildman–Crippen LogP) is 16.0. The van der Waals surface area contributed by atoms with Crippen molar-refractivity contribution in [3.8, 4) is 22.3 Å². The normalized spacial score (nSPS) is 13.9. The first-order valence-corrected chi connectivity index (χ1v) is 20.6. The summed E-state index contributed by atoms with van der Waals surface area (Å²) in [6.07, 6.45) is 0. The maximum absolute atomic E-state index is 6.44. The van der Waals surface area contributed by atoms with E-state index in [1.165, 1.54) is 64.7 Å². The third-order valence-corrected chi connectivity index (χ3v) is 13.3. The summed E-state index contributed by atoms with van der Waals surface area (Å²) in [7, 11) is 0. The van der Waals surface area contributed by atoms with E-state index in [1.54, 1.807) is 0 Å². The van der Waals surface area contributed by atoms with Gasteiger partial charge in [-0.3, -0.25) is 0 Å². The molecule has 1 aliphatic carbocycles. The molecule has 0 spiro atoms. The second kappa shape index (κ2) is 12.2. The Labute approximate surface area is 334 Å². The van der Waals surface area contributed by atoms with Crippen LogP contribution in [0.3, 0.4) is 0 Å². The number of rotatable bonds is 4. The Morgan fingerprint density at radius 2 is 1.14 bits per heavy atom. The number of hydrogen-bond acceptors (Lipinski definition) is 3. The molecule has 0 aliphatic heterocycles. The van der Waals surface area contributed by atoms with E-state index in [1.807, 2.05) is 17.4 Å². The fourth-order valence-electron chi connectivity index (χ4n) is 8.97. The maximum Gasteiger partial charge on any atom is 0.137 e. The molecule has 2 aromatic heterocycles. The van der Waals surface area contributed by atoms with Crippen molar-refractivity contribution in [1.29, 1.82) is 0 Å². The highest BCUT2D eigenvalue weighted by Gasteiger charge is 2.37. The van der Waals surface area contributed by atoms with Crippen LogP contribution in [0.4, 0.5) is 17.1 Å². The molecule has 0 bridgehead atoms. The standard InChI is InChI=1S/C53H47NOS/c1-51(2,3)34-26-43-42-30-45-41(31-49(42)56-50(43)46(27-34)52(4,5)6)40-28-36(23-25-44(40)53(45,7)8)54(35-20-18-33(19-21-35)32-14-10-9-11-15-32)37-22-24-39-38-16-12-13-17-47(38)55-48(39)29-37/h9-31H,1-8H3. The van der Waals surface area contributed by atoms with Gasteiger partial charge in [0, 0.05) is 59.5 Å². The highest BCUT2D eigenvalue weighted by molar-refractivity contribution is 7.26. The number of benzene rings is 7. The number of thiophene rings is 1. The van der Waals surface area contributed by atoms with E-state index in [4.69, 9.17) is 4.42 Å². The van der Waals surface area contributed by atoms with Crippen molar-refractivity contribution in [2.45, 2.75) is 71.6 Å². The second-order valence-corrected chi connectivity index (χ2v) is 19.3. The van der Waals surface area contributed by atoms with Gasteiger partial charge in [-0.05, 0) is 116 Å². The van der Waals surface area contributed by atoms with E-state index in [9.17, 15) is 0 Å². The summed E-state index contributed by atoms with van der Waals surface area (Å²) in [6.45, 7) is 18.9. The molecule has 3 heteroatoms. The molecule has 56 heavy (non-hydrogen) atoms. The van der Waals surface area contributed by atoms with Gasteiger partial charge in [0.25, 0.3) is 0 Å². The Morgan fingerprint density at radius 3 is 1.89 bits per heavy atom. The van der Waals surface area contributed by atoms with Gasteiger partial charge >= 0.3 is 0 Å². The summed E-state index contributed by atoms with van der Waals surface area (Å²) in [5.74, 6) is 0. The van der Waals surface area contributed by atoms with Crippen molar-refractivity contribution in [3.63, 3.8) is 0 Å². The molecule has 0 radical (unpaired) electrons. The molecular weight excluding hydrogens is 699 g/mol. The van der Waals surface area contributed by atoms with Gasteiger partial charge in [0.05, 0.1) is 0 Å². The number of fused-ring (bicyclic) bond motifs is 9. The van der Waals surface area contributed by atoms with E-state index in [2.05, 4.69) is 194 Å². The first-order chi connectivity index (χ1) is 26.8. The molecule has 0 saturated carbocycles. The van der Waals surface area contributed by atoms with Crippen LogP contribution in [0.25, 0.3) is 64.4 Å². The number of para-hydroxylation sites is 1. The van der Waals surface area contributed by atoms with E-state index in [0.29, 0.717) is 0 Å². The lowest BCUT2D eigenvalue weighted by molar-refractivity contribution is 0.573. The van der Waals surface area contributed by atoms with E-state index < -0.39 is 0 Å². The number of anilines is 3. The molecule has 0 atom stereocenters. The fraction of sp³-hybridized carbons (Fsp3) is 0.208. The van der Waals surface area contributed by atoms with E-state index in [-0.39, 0.29) is 16.2 Å². The quantitative estimate of drug-likeness (QED) is 0.178. The highest BCUT2D eigenvalue weighted by Crippen LogP contribution is 2.54. The van der Waals surface area contributed by atoms with Gasteiger partial charge in [-0.15, -0.1) is 11.3 Å².